The maximum atomic E-state index is 11.7. The summed E-state index contributed by atoms with van der Waals surface area (Å²) >= 11 is 0. The van der Waals surface area contributed by atoms with Crippen LogP contribution in [0.15, 0.2) is 0 Å². The molecule has 19 heavy (non-hydrogen) atoms. The van der Waals surface area contributed by atoms with E-state index in [9.17, 15) is 9.59 Å². The summed E-state index contributed by atoms with van der Waals surface area (Å²) in [5.74, 6) is 0.706. The van der Waals surface area contributed by atoms with Gasteiger partial charge < -0.3 is 16.4 Å². The third-order valence-electron chi connectivity index (χ3n) is 3.52. The van der Waals surface area contributed by atoms with E-state index < -0.39 is 0 Å². The summed E-state index contributed by atoms with van der Waals surface area (Å²) in [4.78, 5) is 23.2. The topological polar surface area (TPSA) is 84.2 Å². The Bertz CT molecular complexity index is 297. The van der Waals surface area contributed by atoms with Crippen molar-refractivity contribution in [1.82, 2.24) is 10.6 Å². The molecular weight excluding hydrogens is 242 g/mol. The van der Waals surface area contributed by atoms with Gasteiger partial charge in [-0.25, -0.2) is 0 Å². The highest BCUT2D eigenvalue weighted by atomic mass is 16.2. The summed E-state index contributed by atoms with van der Waals surface area (Å²) < 4.78 is 0. The second-order valence-corrected chi connectivity index (χ2v) is 5.96. The Morgan fingerprint density at radius 2 is 1.74 bits per heavy atom. The smallest absolute Gasteiger partial charge is 0.239 e. The number of nitrogens with one attached hydrogen (secondary N) is 2. The maximum absolute atomic E-state index is 11.7. The van der Waals surface area contributed by atoms with Crippen molar-refractivity contribution in [2.45, 2.75) is 52.0 Å². The van der Waals surface area contributed by atoms with Crippen LogP contribution in [0.3, 0.4) is 0 Å². The minimum absolute atomic E-state index is 0.0276. The van der Waals surface area contributed by atoms with Gasteiger partial charge in [0.2, 0.25) is 11.8 Å². The van der Waals surface area contributed by atoms with Gasteiger partial charge in [-0.05, 0) is 37.5 Å². The van der Waals surface area contributed by atoms with Crippen LogP contribution >= 0.6 is 0 Å². The number of rotatable bonds is 6. The molecule has 0 bridgehead atoms. The SMILES string of the molecule is CC(C)CNC(=O)CNC(=O)CC1CCC(N)CC1. The maximum Gasteiger partial charge on any atom is 0.239 e. The number of hydrogen-bond acceptors (Lipinski definition) is 3. The van der Waals surface area contributed by atoms with Gasteiger partial charge in [0.25, 0.3) is 0 Å². The van der Waals surface area contributed by atoms with Gasteiger partial charge in [-0.3, -0.25) is 9.59 Å². The van der Waals surface area contributed by atoms with E-state index in [1.807, 2.05) is 13.8 Å². The lowest BCUT2D eigenvalue weighted by atomic mass is 9.84. The molecule has 0 unspecified atom stereocenters. The average Bonchev–Trinajstić information content (AvgIpc) is 2.36. The first kappa shape index (κ1) is 16.0. The summed E-state index contributed by atoms with van der Waals surface area (Å²) in [6.07, 6.45) is 4.58. The predicted molar refractivity (Wildman–Crippen MR) is 75.4 cm³/mol. The zero-order chi connectivity index (χ0) is 14.3. The van der Waals surface area contributed by atoms with E-state index in [0.717, 1.165) is 25.7 Å². The van der Waals surface area contributed by atoms with Crippen LogP contribution in [0.25, 0.3) is 0 Å². The quantitative estimate of drug-likeness (QED) is 0.666. The lowest BCUT2D eigenvalue weighted by Gasteiger charge is -2.25. The van der Waals surface area contributed by atoms with Gasteiger partial charge in [0.05, 0.1) is 6.54 Å². The van der Waals surface area contributed by atoms with Crippen molar-refractivity contribution in [3.05, 3.63) is 0 Å². The van der Waals surface area contributed by atoms with Crippen LogP contribution in [0.4, 0.5) is 0 Å². The fraction of sp³-hybridized carbons (Fsp3) is 0.857. The Balaban J connectivity index is 2.12. The van der Waals surface area contributed by atoms with Gasteiger partial charge in [0.15, 0.2) is 0 Å². The van der Waals surface area contributed by atoms with Gasteiger partial charge in [-0.2, -0.15) is 0 Å². The molecule has 0 aromatic carbocycles. The number of carbonyl (C=O) groups excluding carboxylic acids is 2. The molecule has 0 spiro atoms. The van der Waals surface area contributed by atoms with Crippen LogP contribution in [-0.4, -0.2) is 30.9 Å². The lowest BCUT2D eigenvalue weighted by molar-refractivity contribution is -0.126. The Morgan fingerprint density at radius 3 is 2.32 bits per heavy atom. The van der Waals surface area contributed by atoms with E-state index in [-0.39, 0.29) is 18.4 Å². The second-order valence-electron chi connectivity index (χ2n) is 5.96. The van der Waals surface area contributed by atoms with E-state index in [0.29, 0.717) is 30.8 Å². The Kier molecular flexibility index (Phi) is 6.84. The summed E-state index contributed by atoms with van der Waals surface area (Å²) in [6, 6.07) is 0.307. The molecule has 0 radical (unpaired) electrons. The van der Waals surface area contributed by atoms with E-state index in [1.54, 1.807) is 0 Å². The first-order valence-corrected chi connectivity index (χ1v) is 7.26. The molecule has 4 N–H and O–H groups in total. The zero-order valence-corrected chi connectivity index (χ0v) is 12.1. The molecule has 1 aliphatic rings. The summed E-state index contributed by atoms with van der Waals surface area (Å²) in [7, 11) is 0. The standard InChI is InChI=1S/C14H27N3O2/c1-10(2)8-16-14(19)9-17-13(18)7-11-3-5-12(15)6-4-11/h10-12H,3-9,15H2,1-2H3,(H,16,19)(H,17,18). The van der Waals surface area contributed by atoms with Crippen LogP contribution < -0.4 is 16.4 Å². The van der Waals surface area contributed by atoms with Gasteiger partial charge >= 0.3 is 0 Å². The average molecular weight is 269 g/mol. The van der Waals surface area contributed by atoms with E-state index in [2.05, 4.69) is 10.6 Å². The largest absolute Gasteiger partial charge is 0.354 e. The first-order chi connectivity index (χ1) is 8.97. The van der Waals surface area contributed by atoms with Gasteiger partial charge in [0, 0.05) is 19.0 Å². The highest BCUT2D eigenvalue weighted by Crippen LogP contribution is 2.25. The summed E-state index contributed by atoms with van der Waals surface area (Å²) in [5.41, 5.74) is 5.83. The molecule has 0 aromatic rings. The zero-order valence-electron chi connectivity index (χ0n) is 12.1. The molecule has 0 atom stereocenters. The highest BCUT2D eigenvalue weighted by Gasteiger charge is 2.20. The Morgan fingerprint density at radius 1 is 1.11 bits per heavy atom. The van der Waals surface area contributed by atoms with Crippen molar-refractivity contribution < 1.29 is 9.59 Å². The Hall–Kier alpha value is -1.10. The van der Waals surface area contributed by atoms with Crippen molar-refractivity contribution in [3.8, 4) is 0 Å². The minimum atomic E-state index is -0.118. The normalized spacial score (nSPS) is 23.2. The lowest BCUT2D eigenvalue weighted by Crippen LogP contribution is -2.39. The molecule has 1 aliphatic carbocycles. The van der Waals surface area contributed by atoms with Crippen LogP contribution in [0.1, 0.15) is 46.0 Å². The molecule has 0 aromatic heterocycles. The van der Waals surface area contributed by atoms with E-state index >= 15 is 0 Å². The summed E-state index contributed by atoms with van der Waals surface area (Å²) in [5, 5.41) is 5.46. The molecule has 0 saturated heterocycles. The monoisotopic (exact) mass is 269 g/mol. The Labute approximate surface area is 115 Å². The van der Waals surface area contributed by atoms with Gasteiger partial charge in [-0.15, -0.1) is 0 Å². The minimum Gasteiger partial charge on any atom is -0.354 e. The van der Waals surface area contributed by atoms with Gasteiger partial charge in [-0.1, -0.05) is 13.8 Å². The fourth-order valence-corrected chi connectivity index (χ4v) is 2.29. The molecule has 1 rings (SSSR count). The molecule has 0 aliphatic heterocycles. The first-order valence-electron chi connectivity index (χ1n) is 7.26. The van der Waals surface area contributed by atoms with Gasteiger partial charge in [0.1, 0.15) is 0 Å². The van der Waals surface area contributed by atoms with Crippen LogP contribution in [0.2, 0.25) is 0 Å². The second kappa shape index (κ2) is 8.15. The van der Waals surface area contributed by atoms with Crippen molar-refractivity contribution in [3.63, 3.8) is 0 Å². The highest BCUT2D eigenvalue weighted by molar-refractivity contribution is 5.84. The van der Waals surface area contributed by atoms with Crippen molar-refractivity contribution in [1.29, 1.82) is 0 Å². The number of amides is 2. The third kappa shape index (κ3) is 7.15. The van der Waals surface area contributed by atoms with Crippen LogP contribution in [-0.2, 0) is 9.59 Å². The molecular formula is C14H27N3O2. The molecule has 110 valence electrons. The van der Waals surface area contributed by atoms with Crippen molar-refractivity contribution in [2.75, 3.05) is 13.1 Å². The molecule has 1 fully saturated rings. The molecule has 5 nitrogen and oxygen atoms in total. The predicted octanol–water partition coefficient (Wildman–Crippen LogP) is 0.782. The van der Waals surface area contributed by atoms with E-state index in [1.165, 1.54) is 0 Å². The van der Waals surface area contributed by atoms with Crippen LogP contribution in [0, 0.1) is 11.8 Å². The van der Waals surface area contributed by atoms with Crippen molar-refractivity contribution in [2.24, 2.45) is 17.6 Å². The fourth-order valence-electron chi connectivity index (χ4n) is 2.29. The molecule has 2 amide bonds. The number of hydrogen-bond donors (Lipinski definition) is 3. The molecule has 1 saturated carbocycles. The number of carbonyl (C=O) groups is 2. The number of nitrogens with two attached hydrogens (primary N) is 1. The summed E-state index contributed by atoms with van der Waals surface area (Å²) in [6.45, 7) is 4.80. The third-order valence-corrected chi connectivity index (χ3v) is 3.52. The van der Waals surface area contributed by atoms with E-state index in [4.69, 9.17) is 5.73 Å². The molecule has 5 heteroatoms. The molecule has 0 heterocycles. The van der Waals surface area contributed by atoms with Crippen LogP contribution in [0.5, 0.6) is 0 Å². The van der Waals surface area contributed by atoms with Crippen molar-refractivity contribution >= 4 is 11.8 Å².